The van der Waals surface area contributed by atoms with Gasteiger partial charge in [-0.25, -0.2) is 0 Å². The lowest BCUT2D eigenvalue weighted by molar-refractivity contribution is 0.351. The van der Waals surface area contributed by atoms with Crippen LogP contribution in [0.1, 0.15) is 55.7 Å². The molecule has 188 valence electrons. The third-order valence-corrected chi connectivity index (χ3v) is 5.71. The normalized spacial score (nSPS) is 10.3. The van der Waals surface area contributed by atoms with E-state index in [2.05, 4.69) is 54.0 Å². The smallest absolute Gasteiger partial charge is 0.164 e. The van der Waals surface area contributed by atoms with Crippen LogP contribution in [0.25, 0.3) is 0 Å². The molecule has 0 saturated carbocycles. The van der Waals surface area contributed by atoms with Crippen molar-refractivity contribution in [2.75, 3.05) is 40.4 Å². The minimum Gasteiger partial charge on any atom is -0.493 e. The van der Waals surface area contributed by atoms with Crippen LogP contribution in [-0.4, -0.2) is 40.4 Å². The number of unbranched alkanes of at least 4 members (excludes halogenated alkanes) is 3. The van der Waals surface area contributed by atoms with Gasteiger partial charge in [-0.1, -0.05) is 62.6 Å². The maximum absolute atomic E-state index is 5.64. The van der Waals surface area contributed by atoms with Gasteiger partial charge in [0, 0.05) is 5.56 Å². The summed E-state index contributed by atoms with van der Waals surface area (Å²) in [6.07, 6.45) is 9.38. The van der Waals surface area contributed by atoms with E-state index in [1.165, 1.54) is 42.4 Å². The number of nitrogens with one attached hydrogen (secondary N) is 2. The predicted octanol–water partition coefficient (Wildman–Crippen LogP) is 6.02. The third-order valence-electron chi connectivity index (χ3n) is 5.71. The minimum atomic E-state index is 0. The quantitative estimate of drug-likeness (QED) is 0.261. The monoisotopic (exact) mass is 498 g/mol. The zero-order valence-corrected chi connectivity index (χ0v) is 22.3. The summed E-state index contributed by atoms with van der Waals surface area (Å²) in [5.74, 6) is 1.73. The molecule has 2 aromatic carbocycles. The van der Waals surface area contributed by atoms with Gasteiger partial charge in [-0.05, 0) is 75.5 Å². The molecule has 0 heterocycles. The largest absolute Gasteiger partial charge is 0.493 e. The Morgan fingerprint density at radius 3 is 1.88 bits per heavy atom. The van der Waals surface area contributed by atoms with Crippen molar-refractivity contribution in [1.29, 1.82) is 0 Å². The average molecular weight is 500 g/mol. The van der Waals surface area contributed by atoms with Crippen LogP contribution in [0, 0.1) is 0 Å². The number of rotatable bonds is 17. The third kappa shape index (κ3) is 12.0. The van der Waals surface area contributed by atoms with E-state index in [-0.39, 0.29) is 24.8 Å². The van der Waals surface area contributed by atoms with E-state index in [1.807, 2.05) is 6.07 Å². The van der Waals surface area contributed by atoms with Crippen LogP contribution in [0.5, 0.6) is 11.5 Å². The lowest BCUT2D eigenvalue weighted by Gasteiger charge is -2.17. The zero-order valence-electron chi connectivity index (χ0n) is 20.7. The van der Waals surface area contributed by atoms with Crippen molar-refractivity contribution in [3.8, 4) is 11.5 Å². The summed E-state index contributed by atoms with van der Waals surface area (Å²) in [4.78, 5) is 0. The van der Waals surface area contributed by atoms with Crippen molar-refractivity contribution in [3.63, 3.8) is 0 Å². The molecule has 0 aliphatic carbocycles. The molecular formula is C27H44Cl2N2O2. The Morgan fingerprint density at radius 2 is 1.30 bits per heavy atom. The molecule has 0 spiro atoms. The first-order valence-electron chi connectivity index (χ1n) is 12.0. The fraction of sp³-hybridized carbons (Fsp3) is 0.556. The van der Waals surface area contributed by atoms with Gasteiger partial charge in [0.15, 0.2) is 11.5 Å². The highest BCUT2D eigenvalue weighted by molar-refractivity contribution is 5.85. The van der Waals surface area contributed by atoms with Crippen LogP contribution >= 0.6 is 24.8 Å². The topological polar surface area (TPSA) is 42.5 Å². The Balaban J connectivity index is 0.00000512. The van der Waals surface area contributed by atoms with Gasteiger partial charge in [-0.3, -0.25) is 0 Å². The molecule has 0 saturated heterocycles. The average Bonchev–Trinajstić information content (AvgIpc) is 2.81. The number of benzene rings is 2. The number of halogens is 2. The predicted molar refractivity (Wildman–Crippen MR) is 146 cm³/mol. The molecule has 0 amide bonds. The molecule has 6 heteroatoms. The fourth-order valence-electron chi connectivity index (χ4n) is 3.99. The first kappa shape index (κ1) is 31.5. The van der Waals surface area contributed by atoms with Crippen molar-refractivity contribution < 1.29 is 9.47 Å². The lowest BCUT2D eigenvalue weighted by Crippen LogP contribution is -2.20. The molecule has 0 bridgehead atoms. The molecule has 2 rings (SSSR count). The Labute approximate surface area is 214 Å². The van der Waals surface area contributed by atoms with E-state index in [0.717, 1.165) is 63.4 Å². The highest BCUT2D eigenvalue weighted by Crippen LogP contribution is 2.34. The molecule has 0 aromatic heterocycles. The van der Waals surface area contributed by atoms with Gasteiger partial charge in [0.2, 0.25) is 0 Å². The van der Waals surface area contributed by atoms with Gasteiger partial charge >= 0.3 is 0 Å². The van der Waals surface area contributed by atoms with Crippen molar-refractivity contribution in [2.45, 2.75) is 58.3 Å². The van der Waals surface area contributed by atoms with Gasteiger partial charge in [-0.2, -0.15) is 0 Å². The van der Waals surface area contributed by atoms with Crippen LogP contribution in [0.4, 0.5) is 0 Å². The summed E-state index contributed by atoms with van der Waals surface area (Å²) in [7, 11) is 3.44. The summed E-state index contributed by atoms with van der Waals surface area (Å²) in [6.45, 7) is 6.51. The molecule has 0 atom stereocenters. The van der Waals surface area contributed by atoms with E-state index >= 15 is 0 Å². The Bertz CT molecular complexity index is 730. The number of hydrogen-bond donors (Lipinski definition) is 2. The van der Waals surface area contributed by atoms with Crippen LogP contribution < -0.4 is 20.1 Å². The first-order valence-corrected chi connectivity index (χ1v) is 12.0. The highest BCUT2D eigenvalue weighted by Gasteiger charge is 2.13. The van der Waals surface area contributed by atoms with Crippen LogP contribution in [0.15, 0.2) is 42.5 Å². The molecule has 0 unspecified atom stereocenters. The van der Waals surface area contributed by atoms with E-state index < -0.39 is 0 Å². The highest BCUT2D eigenvalue weighted by atomic mass is 35.5. The summed E-state index contributed by atoms with van der Waals surface area (Å²) in [6, 6.07) is 14.9. The molecule has 33 heavy (non-hydrogen) atoms. The van der Waals surface area contributed by atoms with Gasteiger partial charge in [-0.15, -0.1) is 24.8 Å². The molecule has 0 fully saturated rings. The van der Waals surface area contributed by atoms with E-state index in [0.29, 0.717) is 0 Å². The van der Waals surface area contributed by atoms with E-state index in [4.69, 9.17) is 9.47 Å². The molecule has 0 aliphatic heterocycles. The SMILES string of the molecule is CCCc1c(CCNCCCCCCNCCc2ccccc2)ccc(OC)c1OC.Cl.Cl. The zero-order chi connectivity index (χ0) is 22.2. The minimum absolute atomic E-state index is 0. The summed E-state index contributed by atoms with van der Waals surface area (Å²) in [5.41, 5.74) is 4.08. The van der Waals surface area contributed by atoms with Gasteiger partial charge in [0.1, 0.15) is 0 Å². The standard InChI is InChI=1S/C27H42N2O2.2ClH/c1-4-12-25-24(15-16-26(30-2)27(25)31-3)18-22-29-20-11-6-5-10-19-28-21-17-23-13-8-7-9-14-23;;/h7-9,13-16,28-29H,4-6,10-12,17-22H2,1-3H3;2*1H. The van der Waals surface area contributed by atoms with Gasteiger partial charge < -0.3 is 20.1 Å². The van der Waals surface area contributed by atoms with Gasteiger partial charge in [0.05, 0.1) is 14.2 Å². The van der Waals surface area contributed by atoms with Crippen LogP contribution in [0.3, 0.4) is 0 Å². The lowest BCUT2D eigenvalue weighted by atomic mass is 9.98. The fourth-order valence-corrected chi connectivity index (χ4v) is 3.99. The summed E-state index contributed by atoms with van der Waals surface area (Å²) >= 11 is 0. The van der Waals surface area contributed by atoms with E-state index in [1.54, 1.807) is 14.2 Å². The molecule has 2 aromatic rings. The summed E-state index contributed by atoms with van der Waals surface area (Å²) < 4.78 is 11.1. The van der Waals surface area contributed by atoms with Crippen molar-refractivity contribution in [3.05, 3.63) is 59.2 Å². The van der Waals surface area contributed by atoms with Crippen molar-refractivity contribution in [1.82, 2.24) is 10.6 Å². The van der Waals surface area contributed by atoms with Crippen molar-refractivity contribution >= 4 is 24.8 Å². The number of methoxy groups -OCH3 is 2. The van der Waals surface area contributed by atoms with E-state index in [9.17, 15) is 0 Å². The van der Waals surface area contributed by atoms with Crippen molar-refractivity contribution in [2.24, 2.45) is 0 Å². The summed E-state index contributed by atoms with van der Waals surface area (Å²) in [5, 5.41) is 7.17. The molecule has 0 radical (unpaired) electrons. The number of ether oxygens (including phenoxy) is 2. The molecule has 0 aliphatic rings. The molecule has 2 N–H and O–H groups in total. The second-order valence-electron chi connectivity index (χ2n) is 8.09. The first-order chi connectivity index (χ1) is 15.3. The Hall–Kier alpha value is -1.46. The van der Waals surface area contributed by atoms with Crippen LogP contribution in [0.2, 0.25) is 0 Å². The second-order valence-corrected chi connectivity index (χ2v) is 8.09. The maximum Gasteiger partial charge on any atom is 0.164 e. The maximum atomic E-state index is 5.64. The number of hydrogen-bond acceptors (Lipinski definition) is 4. The van der Waals surface area contributed by atoms with Gasteiger partial charge in [0.25, 0.3) is 0 Å². The molecular weight excluding hydrogens is 455 g/mol. The van der Waals surface area contributed by atoms with Crippen LogP contribution in [-0.2, 0) is 19.3 Å². The second kappa shape index (κ2) is 20.0. The molecule has 4 nitrogen and oxygen atoms in total. The Morgan fingerprint density at radius 1 is 0.667 bits per heavy atom. The Kier molecular flexibility index (Phi) is 19.1.